The van der Waals surface area contributed by atoms with Gasteiger partial charge in [0.15, 0.2) is 0 Å². The fourth-order valence-electron chi connectivity index (χ4n) is 1.04. The molecule has 0 spiro atoms. The zero-order chi connectivity index (χ0) is 13.9. The molecule has 1 aromatic carbocycles. The van der Waals surface area contributed by atoms with Crippen LogP contribution in [0.5, 0.6) is 0 Å². The highest BCUT2D eigenvalue weighted by atomic mass is 19.4. The van der Waals surface area contributed by atoms with Crippen molar-refractivity contribution in [2.75, 3.05) is 0 Å². The van der Waals surface area contributed by atoms with Gasteiger partial charge in [-0.3, -0.25) is 0 Å². The molecular formula is C9H7F5N4. The minimum absolute atomic E-state index is 0.111. The van der Waals surface area contributed by atoms with Gasteiger partial charge in [-0.2, -0.15) is 18.3 Å². The molecule has 4 N–H and O–H groups in total. The lowest BCUT2D eigenvalue weighted by atomic mass is 10.1. The molecule has 98 valence electrons. The second-order valence-electron chi connectivity index (χ2n) is 3.12. The van der Waals surface area contributed by atoms with Crippen LogP contribution in [-0.4, -0.2) is 12.2 Å². The van der Waals surface area contributed by atoms with Crippen LogP contribution in [0.1, 0.15) is 11.1 Å². The van der Waals surface area contributed by atoms with E-state index in [1.807, 2.05) is 0 Å². The van der Waals surface area contributed by atoms with Gasteiger partial charge in [0.1, 0.15) is 11.6 Å². The van der Waals surface area contributed by atoms with Crippen LogP contribution in [0.3, 0.4) is 0 Å². The van der Waals surface area contributed by atoms with E-state index in [0.717, 1.165) is 0 Å². The first-order valence-corrected chi connectivity index (χ1v) is 4.40. The summed E-state index contributed by atoms with van der Waals surface area (Å²) in [6, 6.07) is 0.385. The third-order valence-electron chi connectivity index (χ3n) is 1.76. The van der Waals surface area contributed by atoms with Gasteiger partial charge in [-0.1, -0.05) is 0 Å². The number of alkyl halides is 3. The maximum atomic E-state index is 13.1. The zero-order valence-electron chi connectivity index (χ0n) is 8.67. The lowest BCUT2D eigenvalue weighted by Gasteiger charge is -2.08. The number of nitrogens with zero attached hydrogens (tertiary/aromatic N) is 2. The van der Waals surface area contributed by atoms with Crippen molar-refractivity contribution in [3.63, 3.8) is 0 Å². The Morgan fingerprint density at radius 1 is 1.11 bits per heavy atom. The monoisotopic (exact) mass is 266 g/mol. The highest BCUT2D eigenvalue weighted by Crippen LogP contribution is 2.32. The average Bonchev–Trinajstić information content (AvgIpc) is 2.18. The molecule has 0 aliphatic carbocycles. The molecule has 1 aromatic rings. The SMILES string of the molecule is NC(N)=NN=Cc1cc(C(F)(F)F)c(F)cc1F. The number of nitrogens with two attached hydrogens (primary N) is 2. The topological polar surface area (TPSA) is 76.8 Å². The Labute approximate surface area is 97.8 Å². The minimum atomic E-state index is -4.93. The maximum absolute atomic E-state index is 13.1. The van der Waals surface area contributed by atoms with Crippen molar-refractivity contribution in [1.29, 1.82) is 0 Å². The molecule has 0 amide bonds. The van der Waals surface area contributed by atoms with E-state index in [1.165, 1.54) is 0 Å². The summed E-state index contributed by atoms with van der Waals surface area (Å²) in [5.74, 6) is -3.38. The van der Waals surface area contributed by atoms with Gasteiger partial charge in [0.05, 0.1) is 11.8 Å². The third kappa shape index (κ3) is 3.40. The molecule has 0 atom stereocenters. The van der Waals surface area contributed by atoms with E-state index in [9.17, 15) is 22.0 Å². The number of guanidine groups is 1. The normalized spacial score (nSPS) is 11.8. The number of hydrogen-bond acceptors (Lipinski definition) is 2. The van der Waals surface area contributed by atoms with E-state index in [1.54, 1.807) is 0 Å². The smallest absolute Gasteiger partial charge is 0.369 e. The standard InChI is InChI=1S/C9H7F5N4/c10-6-2-7(11)5(9(12,13)14)1-4(6)3-17-18-8(15)16/h1-3H,(H4,15,16,18). The number of halogens is 5. The first kappa shape index (κ1) is 13.9. The number of rotatable bonds is 2. The molecule has 0 aliphatic heterocycles. The van der Waals surface area contributed by atoms with Gasteiger partial charge < -0.3 is 11.5 Å². The lowest BCUT2D eigenvalue weighted by molar-refractivity contribution is -0.140. The molecule has 0 radical (unpaired) electrons. The van der Waals surface area contributed by atoms with Crippen LogP contribution in [-0.2, 0) is 6.18 Å². The van der Waals surface area contributed by atoms with Gasteiger partial charge >= 0.3 is 6.18 Å². The van der Waals surface area contributed by atoms with E-state index < -0.39 is 34.9 Å². The van der Waals surface area contributed by atoms with Gasteiger partial charge in [-0.15, -0.1) is 5.10 Å². The largest absolute Gasteiger partial charge is 0.419 e. The molecule has 0 aliphatic rings. The van der Waals surface area contributed by atoms with E-state index in [0.29, 0.717) is 6.21 Å². The molecule has 9 heteroatoms. The predicted octanol–water partition coefficient (Wildman–Crippen LogP) is 1.59. The van der Waals surface area contributed by atoms with E-state index in [4.69, 9.17) is 11.5 Å². The molecule has 0 aromatic heterocycles. The summed E-state index contributed by atoms with van der Waals surface area (Å²) in [5.41, 5.74) is 7.61. The van der Waals surface area contributed by atoms with Gasteiger partial charge in [0.2, 0.25) is 5.96 Å². The summed E-state index contributed by atoms with van der Waals surface area (Å²) in [6.07, 6.45) is -4.29. The third-order valence-corrected chi connectivity index (χ3v) is 1.76. The lowest BCUT2D eigenvalue weighted by Crippen LogP contribution is -2.21. The van der Waals surface area contributed by atoms with E-state index in [-0.39, 0.29) is 12.1 Å². The average molecular weight is 266 g/mol. The molecule has 0 bridgehead atoms. The highest BCUT2D eigenvalue weighted by Gasteiger charge is 2.34. The van der Waals surface area contributed by atoms with Crippen molar-refractivity contribution in [3.8, 4) is 0 Å². The van der Waals surface area contributed by atoms with Gasteiger partial charge in [-0.05, 0) is 6.07 Å². The summed E-state index contributed by atoms with van der Waals surface area (Å²) < 4.78 is 63.0. The molecule has 0 heterocycles. The summed E-state index contributed by atoms with van der Waals surface area (Å²) in [6.45, 7) is 0. The Morgan fingerprint density at radius 3 is 2.22 bits per heavy atom. The first-order valence-electron chi connectivity index (χ1n) is 4.40. The molecule has 0 saturated carbocycles. The summed E-state index contributed by atoms with van der Waals surface area (Å²) in [4.78, 5) is 0. The molecular weight excluding hydrogens is 259 g/mol. The van der Waals surface area contributed by atoms with Crippen molar-refractivity contribution in [1.82, 2.24) is 0 Å². The van der Waals surface area contributed by atoms with Crippen LogP contribution in [0.2, 0.25) is 0 Å². The van der Waals surface area contributed by atoms with Crippen molar-refractivity contribution >= 4 is 12.2 Å². The summed E-state index contributed by atoms with van der Waals surface area (Å²) in [7, 11) is 0. The van der Waals surface area contributed by atoms with E-state index >= 15 is 0 Å². The van der Waals surface area contributed by atoms with Crippen LogP contribution in [0.4, 0.5) is 22.0 Å². The van der Waals surface area contributed by atoms with Crippen LogP contribution < -0.4 is 11.5 Å². The predicted molar refractivity (Wildman–Crippen MR) is 54.8 cm³/mol. The summed E-state index contributed by atoms with van der Waals surface area (Å²) >= 11 is 0. The quantitative estimate of drug-likeness (QED) is 0.369. The van der Waals surface area contributed by atoms with Gasteiger partial charge in [-0.25, -0.2) is 8.78 Å². The Hall–Kier alpha value is -2.19. The fourth-order valence-corrected chi connectivity index (χ4v) is 1.04. The van der Waals surface area contributed by atoms with E-state index in [2.05, 4.69) is 10.2 Å². The second kappa shape index (κ2) is 4.98. The molecule has 4 nitrogen and oxygen atoms in total. The molecule has 0 fully saturated rings. The summed E-state index contributed by atoms with van der Waals surface area (Å²) in [5, 5.41) is 6.21. The molecule has 18 heavy (non-hydrogen) atoms. The molecule has 0 saturated heterocycles. The highest BCUT2D eigenvalue weighted by molar-refractivity contribution is 5.82. The molecule has 1 rings (SSSR count). The van der Waals surface area contributed by atoms with Gasteiger partial charge in [0.25, 0.3) is 0 Å². The minimum Gasteiger partial charge on any atom is -0.369 e. The zero-order valence-corrected chi connectivity index (χ0v) is 8.67. The Morgan fingerprint density at radius 2 is 1.72 bits per heavy atom. The van der Waals surface area contributed by atoms with Crippen LogP contribution >= 0.6 is 0 Å². The van der Waals surface area contributed by atoms with Crippen molar-refractivity contribution < 1.29 is 22.0 Å². The van der Waals surface area contributed by atoms with Gasteiger partial charge in [0, 0.05) is 11.6 Å². The second-order valence-corrected chi connectivity index (χ2v) is 3.12. The van der Waals surface area contributed by atoms with Crippen LogP contribution in [0.25, 0.3) is 0 Å². The van der Waals surface area contributed by atoms with Crippen LogP contribution in [0.15, 0.2) is 22.3 Å². The Bertz CT molecular complexity index is 502. The molecule has 0 unspecified atom stereocenters. The van der Waals surface area contributed by atoms with Crippen molar-refractivity contribution in [3.05, 3.63) is 34.9 Å². The number of benzene rings is 1. The first-order chi connectivity index (χ1) is 8.21. The Kier molecular flexibility index (Phi) is 3.84. The Balaban J connectivity index is 3.22. The van der Waals surface area contributed by atoms with Crippen LogP contribution in [0, 0.1) is 11.6 Å². The van der Waals surface area contributed by atoms with Crippen molar-refractivity contribution in [2.24, 2.45) is 21.7 Å². The van der Waals surface area contributed by atoms with Crippen molar-refractivity contribution in [2.45, 2.75) is 6.18 Å². The maximum Gasteiger partial charge on any atom is 0.419 e. The number of hydrogen-bond donors (Lipinski definition) is 2. The fraction of sp³-hybridized carbons (Fsp3) is 0.111.